The molecule has 0 spiro atoms. The van der Waals surface area contributed by atoms with Gasteiger partial charge in [-0.15, -0.1) is 0 Å². The molecule has 0 radical (unpaired) electrons. The van der Waals surface area contributed by atoms with E-state index in [1.165, 1.54) is 5.56 Å². The molecule has 3 amide bonds. The van der Waals surface area contributed by atoms with Crippen LogP contribution in [0.2, 0.25) is 0 Å². The largest absolute Gasteiger partial charge is 0.492 e. The van der Waals surface area contributed by atoms with E-state index >= 15 is 0 Å². The molecule has 138 valence electrons. The molecule has 0 fully saturated rings. The molecule has 0 aliphatic heterocycles. The first-order valence-electron chi connectivity index (χ1n) is 8.47. The number of rotatable bonds is 7. The Morgan fingerprint density at radius 1 is 1.00 bits per heavy atom. The zero-order valence-corrected chi connectivity index (χ0v) is 15.4. The maximum atomic E-state index is 11.9. The van der Waals surface area contributed by atoms with E-state index in [2.05, 4.69) is 10.6 Å². The molecule has 0 aromatic heterocycles. The van der Waals surface area contributed by atoms with Crippen molar-refractivity contribution in [3.63, 3.8) is 0 Å². The van der Waals surface area contributed by atoms with Gasteiger partial charge in [0.1, 0.15) is 12.4 Å². The fourth-order valence-electron chi connectivity index (χ4n) is 2.18. The molecular weight excluding hydrogens is 330 g/mol. The van der Waals surface area contributed by atoms with Crippen LogP contribution in [0, 0.1) is 6.92 Å². The molecule has 2 aromatic carbocycles. The van der Waals surface area contributed by atoms with Crippen molar-refractivity contribution in [2.24, 2.45) is 0 Å². The highest BCUT2D eigenvalue weighted by Gasteiger charge is 2.06. The van der Waals surface area contributed by atoms with Crippen molar-refractivity contribution in [3.05, 3.63) is 59.7 Å². The van der Waals surface area contributed by atoms with Gasteiger partial charge in [0, 0.05) is 19.8 Å². The van der Waals surface area contributed by atoms with E-state index < -0.39 is 0 Å². The Morgan fingerprint density at radius 3 is 2.27 bits per heavy atom. The molecule has 6 heteroatoms. The van der Waals surface area contributed by atoms with Crippen molar-refractivity contribution in [2.45, 2.75) is 13.3 Å². The summed E-state index contributed by atoms with van der Waals surface area (Å²) in [7, 11) is 3.45. The van der Waals surface area contributed by atoms with Crippen molar-refractivity contribution in [3.8, 4) is 5.75 Å². The Hall–Kier alpha value is -3.02. The van der Waals surface area contributed by atoms with Gasteiger partial charge in [-0.25, -0.2) is 4.79 Å². The molecular formula is C20H25N3O3. The lowest BCUT2D eigenvalue weighted by Gasteiger charge is -2.11. The van der Waals surface area contributed by atoms with Crippen LogP contribution >= 0.6 is 0 Å². The number of urea groups is 1. The average molecular weight is 355 g/mol. The monoisotopic (exact) mass is 355 g/mol. The van der Waals surface area contributed by atoms with E-state index in [1.54, 1.807) is 31.1 Å². The van der Waals surface area contributed by atoms with Crippen molar-refractivity contribution >= 4 is 17.6 Å². The van der Waals surface area contributed by atoms with Crippen LogP contribution in [0.4, 0.5) is 10.5 Å². The van der Waals surface area contributed by atoms with Crippen LogP contribution in [-0.4, -0.2) is 44.1 Å². The molecule has 0 saturated heterocycles. The number of carbonyl (C=O) groups is 2. The first-order chi connectivity index (χ1) is 12.4. The molecule has 0 heterocycles. The summed E-state index contributed by atoms with van der Waals surface area (Å²) in [4.78, 5) is 25.1. The van der Waals surface area contributed by atoms with Gasteiger partial charge in [-0.1, -0.05) is 29.8 Å². The number of benzene rings is 2. The smallest absolute Gasteiger partial charge is 0.319 e. The molecule has 0 saturated carbocycles. The van der Waals surface area contributed by atoms with Gasteiger partial charge in [0.05, 0.1) is 13.0 Å². The predicted octanol–water partition coefficient (Wildman–Crippen LogP) is 2.83. The summed E-state index contributed by atoms with van der Waals surface area (Å²) in [6.07, 6.45) is 0.343. The van der Waals surface area contributed by atoms with Crippen molar-refractivity contribution in [1.82, 2.24) is 10.2 Å². The van der Waals surface area contributed by atoms with E-state index in [9.17, 15) is 9.59 Å². The van der Waals surface area contributed by atoms with Gasteiger partial charge in [-0.3, -0.25) is 4.79 Å². The summed E-state index contributed by atoms with van der Waals surface area (Å²) in [6.45, 7) is 2.81. The molecule has 26 heavy (non-hydrogen) atoms. The molecule has 6 nitrogen and oxygen atoms in total. The summed E-state index contributed by atoms with van der Waals surface area (Å²) < 4.78 is 5.56. The lowest BCUT2D eigenvalue weighted by molar-refractivity contribution is -0.127. The van der Waals surface area contributed by atoms with Crippen molar-refractivity contribution < 1.29 is 14.3 Å². The number of anilines is 1. The SMILES string of the molecule is Cc1ccc(OCCNC(=O)Nc2ccc(CC(=O)N(C)C)cc2)cc1. The van der Waals surface area contributed by atoms with Crippen LogP contribution in [0.25, 0.3) is 0 Å². The van der Waals surface area contributed by atoms with Gasteiger partial charge < -0.3 is 20.3 Å². The van der Waals surface area contributed by atoms with Gasteiger partial charge >= 0.3 is 6.03 Å². The number of aryl methyl sites for hydroxylation is 1. The second kappa shape index (κ2) is 9.46. The lowest BCUT2D eigenvalue weighted by Crippen LogP contribution is -2.32. The quantitative estimate of drug-likeness (QED) is 0.750. The standard InChI is InChI=1S/C20H25N3O3/c1-15-4-10-18(11-5-15)26-13-12-21-20(25)22-17-8-6-16(7-9-17)14-19(24)23(2)3/h4-11H,12-14H2,1-3H3,(H2,21,22,25). The van der Waals surface area contributed by atoms with E-state index in [0.717, 1.165) is 11.3 Å². The predicted molar refractivity (Wildman–Crippen MR) is 103 cm³/mol. The minimum atomic E-state index is -0.297. The summed E-state index contributed by atoms with van der Waals surface area (Å²) in [5.74, 6) is 0.817. The maximum absolute atomic E-state index is 11.9. The normalized spacial score (nSPS) is 10.1. The number of hydrogen-bond donors (Lipinski definition) is 2. The first kappa shape index (κ1) is 19.3. The molecule has 0 unspecified atom stereocenters. The summed E-state index contributed by atoms with van der Waals surface area (Å²) in [5.41, 5.74) is 2.75. The van der Waals surface area contributed by atoms with Crippen molar-refractivity contribution in [1.29, 1.82) is 0 Å². The third kappa shape index (κ3) is 6.47. The maximum Gasteiger partial charge on any atom is 0.319 e. The highest BCUT2D eigenvalue weighted by molar-refractivity contribution is 5.89. The third-order valence-electron chi connectivity index (χ3n) is 3.74. The van der Waals surface area contributed by atoms with Crippen LogP contribution in [-0.2, 0) is 11.2 Å². The van der Waals surface area contributed by atoms with Gasteiger partial charge in [-0.2, -0.15) is 0 Å². The van der Waals surface area contributed by atoms with E-state index in [-0.39, 0.29) is 11.9 Å². The Kier molecular flexibility index (Phi) is 7.02. The number of carbonyl (C=O) groups excluding carboxylic acids is 2. The van der Waals surface area contributed by atoms with Gasteiger partial charge in [-0.05, 0) is 36.8 Å². The van der Waals surface area contributed by atoms with Gasteiger partial charge in [0.2, 0.25) is 5.91 Å². The fraction of sp³-hybridized carbons (Fsp3) is 0.300. The Balaban J connectivity index is 1.70. The highest BCUT2D eigenvalue weighted by atomic mass is 16.5. The minimum absolute atomic E-state index is 0.0389. The third-order valence-corrected chi connectivity index (χ3v) is 3.74. The lowest BCUT2D eigenvalue weighted by atomic mass is 10.1. The van der Waals surface area contributed by atoms with Crippen LogP contribution in [0.1, 0.15) is 11.1 Å². The summed E-state index contributed by atoms with van der Waals surface area (Å²) in [6, 6.07) is 14.7. The van der Waals surface area contributed by atoms with Crippen LogP contribution in [0.15, 0.2) is 48.5 Å². The zero-order valence-electron chi connectivity index (χ0n) is 15.4. The Labute approximate surface area is 154 Å². The van der Waals surface area contributed by atoms with Gasteiger partial charge in [0.25, 0.3) is 0 Å². The van der Waals surface area contributed by atoms with Crippen molar-refractivity contribution in [2.75, 3.05) is 32.6 Å². The average Bonchev–Trinajstić information content (AvgIpc) is 2.62. The minimum Gasteiger partial charge on any atom is -0.492 e. The fourth-order valence-corrected chi connectivity index (χ4v) is 2.18. The topological polar surface area (TPSA) is 70.7 Å². The molecule has 2 N–H and O–H groups in total. The van der Waals surface area contributed by atoms with Gasteiger partial charge in [0.15, 0.2) is 0 Å². The zero-order chi connectivity index (χ0) is 18.9. The van der Waals surface area contributed by atoms with E-state index in [1.807, 2.05) is 43.3 Å². The molecule has 0 aliphatic rings. The highest BCUT2D eigenvalue weighted by Crippen LogP contribution is 2.11. The molecule has 0 atom stereocenters. The number of likely N-dealkylation sites (N-methyl/N-ethyl adjacent to an activating group) is 1. The van der Waals surface area contributed by atoms with E-state index in [4.69, 9.17) is 4.74 Å². The van der Waals surface area contributed by atoms with E-state index in [0.29, 0.717) is 25.3 Å². The number of hydrogen-bond acceptors (Lipinski definition) is 3. The number of nitrogens with zero attached hydrogens (tertiary/aromatic N) is 1. The van der Waals surface area contributed by atoms with Crippen LogP contribution in [0.3, 0.4) is 0 Å². The summed E-state index contributed by atoms with van der Waals surface area (Å²) in [5, 5.41) is 5.49. The molecule has 0 bridgehead atoms. The Morgan fingerprint density at radius 2 is 1.65 bits per heavy atom. The summed E-state index contributed by atoms with van der Waals surface area (Å²) >= 11 is 0. The first-order valence-corrected chi connectivity index (χ1v) is 8.47. The number of amides is 3. The molecule has 2 rings (SSSR count). The molecule has 2 aromatic rings. The second-order valence-electron chi connectivity index (χ2n) is 6.20. The van der Waals surface area contributed by atoms with Crippen LogP contribution < -0.4 is 15.4 Å². The Bertz CT molecular complexity index is 725. The number of nitrogens with one attached hydrogen (secondary N) is 2. The second-order valence-corrected chi connectivity index (χ2v) is 6.20. The molecule has 0 aliphatic carbocycles. The number of ether oxygens (including phenoxy) is 1. The van der Waals surface area contributed by atoms with Crippen LogP contribution in [0.5, 0.6) is 5.75 Å².